The summed E-state index contributed by atoms with van der Waals surface area (Å²) in [5.41, 5.74) is -0.428. The van der Waals surface area contributed by atoms with E-state index in [-0.39, 0.29) is 11.3 Å². The number of hydrogen-bond donors (Lipinski definition) is 1. The summed E-state index contributed by atoms with van der Waals surface area (Å²) in [6, 6.07) is 11.4. The van der Waals surface area contributed by atoms with Crippen molar-refractivity contribution in [1.29, 1.82) is 0 Å². The first-order valence-corrected chi connectivity index (χ1v) is 6.72. The van der Waals surface area contributed by atoms with Gasteiger partial charge < -0.3 is 5.11 Å². The average molecular weight is 318 g/mol. The number of rotatable bonds is 4. The summed E-state index contributed by atoms with van der Waals surface area (Å²) in [4.78, 5) is 11.7. The number of halogens is 3. The summed E-state index contributed by atoms with van der Waals surface area (Å²) in [5.74, 6) is -0.465. The fraction of sp³-hybridized carbons (Fsp3) is 0.0556. The third-order valence-electron chi connectivity index (χ3n) is 3.06. The summed E-state index contributed by atoms with van der Waals surface area (Å²) in [6.45, 7) is 0. The van der Waals surface area contributed by atoms with Gasteiger partial charge >= 0.3 is 6.18 Å². The van der Waals surface area contributed by atoms with Crippen LogP contribution >= 0.6 is 0 Å². The van der Waals surface area contributed by atoms with E-state index < -0.39 is 17.5 Å². The highest BCUT2D eigenvalue weighted by Gasteiger charge is 2.32. The maximum atomic E-state index is 12.8. The van der Waals surface area contributed by atoms with Gasteiger partial charge in [0, 0.05) is 5.56 Å². The molecule has 118 valence electrons. The van der Waals surface area contributed by atoms with E-state index in [0.717, 1.165) is 18.2 Å². The quantitative estimate of drug-likeness (QED) is 0.829. The summed E-state index contributed by atoms with van der Waals surface area (Å²) in [7, 11) is 0. The molecule has 23 heavy (non-hydrogen) atoms. The van der Waals surface area contributed by atoms with Gasteiger partial charge in [0.15, 0.2) is 5.78 Å². The Hall–Kier alpha value is -2.82. The van der Waals surface area contributed by atoms with E-state index in [1.165, 1.54) is 36.4 Å². The first-order chi connectivity index (χ1) is 10.9. The molecular formula is C18H13F3O2. The average Bonchev–Trinajstić information content (AvgIpc) is 2.51. The summed E-state index contributed by atoms with van der Waals surface area (Å²) in [6.07, 6.45) is 0.288. The lowest BCUT2D eigenvalue weighted by Crippen LogP contribution is -2.06. The minimum Gasteiger partial charge on any atom is -0.507 e. The van der Waals surface area contributed by atoms with Crippen LogP contribution in [-0.4, -0.2) is 10.9 Å². The van der Waals surface area contributed by atoms with Crippen molar-refractivity contribution in [3.63, 3.8) is 0 Å². The van der Waals surface area contributed by atoms with Crippen LogP contribution in [0.15, 0.2) is 60.7 Å². The molecular weight excluding hydrogens is 305 g/mol. The number of benzene rings is 2. The van der Waals surface area contributed by atoms with Crippen LogP contribution in [0, 0.1) is 0 Å². The highest BCUT2D eigenvalue weighted by Crippen LogP contribution is 2.32. The molecule has 5 heteroatoms. The van der Waals surface area contributed by atoms with Crippen molar-refractivity contribution in [2.75, 3.05) is 0 Å². The Balaban J connectivity index is 2.15. The van der Waals surface area contributed by atoms with E-state index in [0.29, 0.717) is 5.56 Å². The fourth-order valence-electron chi connectivity index (χ4n) is 1.93. The third kappa shape index (κ3) is 4.57. The molecule has 0 radical (unpaired) electrons. The smallest absolute Gasteiger partial charge is 0.416 e. The molecule has 0 amide bonds. The number of hydrogen-bond acceptors (Lipinski definition) is 2. The zero-order chi connectivity index (χ0) is 16.9. The highest BCUT2D eigenvalue weighted by molar-refractivity contribution is 6.04. The van der Waals surface area contributed by atoms with E-state index in [4.69, 9.17) is 0 Å². The fourth-order valence-corrected chi connectivity index (χ4v) is 1.93. The SMILES string of the molecule is O=C(/C=C/c1ccccc1O)/C=C/c1ccccc1C(F)(F)F. The predicted octanol–water partition coefficient (Wildman–Crippen LogP) is 4.71. The van der Waals surface area contributed by atoms with Crippen molar-refractivity contribution in [1.82, 2.24) is 0 Å². The number of aromatic hydroxyl groups is 1. The van der Waals surface area contributed by atoms with Gasteiger partial charge in [-0.15, -0.1) is 0 Å². The largest absolute Gasteiger partial charge is 0.507 e. The van der Waals surface area contributed by atoms with Gasteiger partial charge in [-0.05, 0) is 35.9 Å². The molecule has 0 fully saturated rings. The normalized spacial score (nSPS) is 12.1. The number of phenols is 1. The van der Waals surface area contributed by atoms with Gasteiger partial charge in [-0.2, -0.15) is 13.2 Å². The molecule has 2 aromatic carbocycles. The first-order valence-electron chi connectivity index (χ1n) is 6.72. The molecule has 0 aromatic heterocycles. The molecule has 0 aliphatic heterocycles. The van der Waals surface area contributed by atoms with Crippen LogP contribution in [0.1, 0.15) is 16.7 Å². The van der Waals surface area contributed by atoms with Crippen LogP contribution in [0.2, 0.25) is 0 Å². The second-order valence-electron chi connectivity index (χ2n) is 4.71. The Morgan fingerprint density at radius 2 is 1.39 bits per heavy atom. The molecule has 1 N–H and O–H groups in total. The van der Waals surface area contributed by atoms with E-state index in [1.807, 2.05) is 0 Å². The molecule has 2 rings (SSSR count). The van der Waals surface area contributed by atoms with Gasteiger partial charge in [-0.25, -0.2) is 0 Å². The molecule has 0 heterocycles. The van der Waals surface area contributed by atoms with E-state index in [2.05, 4.69) is 0 Å². The van der Waals surface area contributed by atoms with Crippen molar-refractivity contribution in [3.05, 3.63) is 77.4 Å². The van der Waals surface area contributed by atoms with Gasteiger partial charge in [0.25, 0.3) is 0 Å². The highest BCUT2D eigenvalue weighted by atomic mass is 19.4. The van der Waals surface area contributed by atoms with Crippen LogP contribution in [-0.2, 0) is 11.0 Å². The minimum absolute atomic E-state index is 0.0166. The van der Waals surface area contributed by atoms with Crippen molar-refractivity contribution in [2.24, 2.45) is 0 Å². The summed E-state index contributed by atoms with van der Waals surface area (Å²) in [5, 5.41) is 9.55. The molecule has 0 unspecified atom stereocenters. The second kappa shape index (κ2) is 6.96. The number of carbonyl (C=O) groups excluding carboxylic acids is 1. The predicted molar refractivity (Wildman–Crippen MR) is 82.6 cm³/mol. The summed E-state index contributed by atoms with van der Waals surface area (Å²) >= 11 is 0. The van der Waals surface area contributed by atoms with Crippen LogP contribution in [0.25, 0.3) is 12.2 Å². The molecule has 0 bridgehead atoms. The van der Waals surface area contributed by atoms with Crippen LogP contribution in [0.3, 0.4) is 0 Å². The molecule has 0 saturated carbocycles. The van der Waals surface area contributed by atoms with Crippen molar-refractivity contribution in [2.45, 2.75) is 6.18 Å². The molecule has 2 aromatic rings. The van der Waals surface area contributed by atoms with Crippen molar-refractivity contribution < 1.29 is 23.1 Å². The van der Waals surface area contributed by atoms with Crippen LogP contribution in [0.5, 0.6) is 5.75 Å². The lowest BCUT2D eigenvalue weighted by atomic mass is 10.1. The monoisotopic (exact) mass is 318 g/mol. The minimum atomic E-state index is -4.48. The lowest BCUT2D eigenvalue weighted by Gasteiger charge is -2.09. The molecule has 0 aliphatic rings. The Bertz CT molecular complexity index is 759. The molecule has 0 saturated heterocycles. The van der Waals surface area contributed by atoms with Gasteiger partial charge in [-0.1, -0.05) is 42.5 Å². The van der Waals surface area contributed by atoms with Gasteiger partial charge in [0.05, 0.1) is 5.56 Å². The number of alkyl halides is 3. The van der Waals surface area contributed by atoms with E-state index in [9.17, 15) is 23.1 Å². The molecule has 0 aliphatic carbocycles. The maximum absolute atomic E-state index is 12.8. The number of para-hydroxylation sites is 1. The maximum Gasteiger partial charge on any atom is 0.416 e. The second-order valence-corrected chi connectivity index (χ2v) is 4.71. The Labute approximate surface area is 131 Å². The molecule has 0 atom stereocenters. The number of allylic oxidation sites excluding steroid dienone is 2. The van der Waals surface area contributed by atoms with Crippen LogP contribution in [0.4, 0.5) is 13.2 Å². The van der Waals surface area contributed by atoms with Crippen LogP contribution < -0.4 is 0 Å². The topological polar surface area (TPSA) is 37.3 Å². The Morgan fingerprint density at radius 1 is 0.870 bits per heavy atom. The third-order valence-corrected chi connectivity index (χ3v) is 3.06. The number of phenolic OH excluding ortho intramolecular Hbond substituents is 1. The van der Waals surface area contributed by atoms with E-state index in [1.54, 1.807) is 18.2 Å². The number of carbonyl (C=O) groups is 1. The molecule has 2 nitrogen and oxygen atoms in total. The number of ketones is 1. The van der Waals surface area contributed by atoms with Gasteiger partial charge in [0.1, 0.15) is 5.75 Å². The van der Waals surface area contributed by atoms with Crippen molar-refractivity contribution >= 4 is 17.9 Å². The van der Waals surface area contributed by atoms with Gasteiger partial charge in [-0.3, -0.25) is 4.79 Å². The first kappa shape index (κ1) is 16.5. The zero-order valence-electron chi connectivity index (χ0n) is 11.9. The van der Waals surface area contributed by atoms with Gasteiger partial charge in [0.2, 0.25) is 0 Å². The van der Waals surface area contributed by atoms with E-state index >= 15 is 0 Å². The zero-order valence-corrected chi connectivity index (χ0v) is 11.9. The summed E-state index contributed by atoms with van der Waals surface area (Å²) < 4.78 is 38.5. The molecule has 0 spiro atoms. The Morgan fingerprint density at radius 3 is 2.00 bits per heavy atom. The Kier molecular flexibility index (Phi) is 5.01. The standard InChI is InChI=1S/C18H13F3O2/c19-18(20,21)16-7-3-1-5-13(16)9-11-15(22)12-10-14-6-2-4-8-17(14)23/h1-12,23H/b11-9+,12-10+. The van der Waals surface area contributed by atoms with Crippen molar-refractivity contribution in [3.8, 4) is 5.75 Å². The lowest BCUT2D eigenvalue weighted by molar-refractivity contribution is -0.137.